The second-order valence-electron chi connectivity index (χ2n) is 5.73. The SMILES string of the molecule is Cc1ccc(C)c(S(=O)(=O)N/N=C\c2ccc3ccccc3c2)c1. The van der Waals surface area contributed by atoms with E-state index < -0.39 is 10.0 Å². The summed E-state index contributed by atoms with van der Waals surface area (Å²) in [6.45, 7) is 3.62. The lowest BCUT2D eigenvalue weighted by Gasteiger charge is -2.07. The van der Waals surface area contributed by atoms with Crippen molar-refractivity contribution in [2.24, 2.45) is 5.10 Å². The largest absolute Gasteiger partial charge is 0.276 e. The van der Waals surface area contributed by atoms with Gasteiger partial charge in [0.1, 0.15) is 0 Å². The summed E-state index contributed by atoms with van der Waals surface area (Å²) in [6.07, 6.45) is 1.51. The zero-order chi connectivity index (χ0) is 17.2. The molecule has 0 aliphatic heterocycles. The summed E-state index contributed by atoms with van der Waals surface area (Å²) < 4.78 is 24.8. The second kappa shape index (κ2) is 6.45. The van der Waals surface area contributed by atoms with Gasteiger partial charge in [0.15, 0.2) is 0 Å². The van der Waals surface area contributed by atoms with Gasteiger partial charge < -0.3 is 0 Å². The van der Waals surface area contributed by atoms with Gasteiger partial charge in [-0.1, -0.05) is 48.5 Å². The molecule has 0 spiro atoms. The average Bonchev–Trinajstić information content (AvgIpc) is 2.56. The highest BCUT2D eigenvalue weighted by Crippen LogP contribution is 2.17. The van der Waals surface area contributed by atoms with Crippen LogP contribution in [0.2, 0.25) is 0 Å². The molecule has 3 aromatic rings. The molecule has 0 amide bonds. The molecule has 0 saturated carbocycles. The third-order valence-corrected chi connectivity index (χ3v) is 5.16. The highest BCUT2D eigenvalue weighted by molar-refractivity contribution is 7.89. The molecule has 0 aromatic heterocycles. The van der Waals surface area contributed by atoms with Gasteiger partial charge in [-0.25, -0.2) is 4.83 Å². The third kappa shape index (κ3) is 3.46. The van der Waals surface area contributed by atoms with Gasteiger partial charge >= 0.3 is 0 Å². The fourth-order valence-corrected chi connectivity index (χ4v) is 3.63. The minimum absolute atomic E-state index is 0.248. The molecular formula is C19H18N2O2S. The Balaban J connectivity index is 1.82. The lowest BCUT2D eigenvalue weighted by molar-refractivity contribution is 0.584. The van der Waals surface area contributed by atoms with E-state index >= 15 is 0 Å². The molecule has 0 atom stereocenters. The molecule has 3 rings (SSSR count). The first-order valence-corrected chi connectivity index (χ1v) is 9.05. The Kier molecular flexibility index (Phi) is 4.36. The Morgan fingerprint density at radius 2 is 1.67 bits per heavy atom. The maximum atomic E-state index is 12.4. The Morgan fingerprint density at radius 1 is 0.917 bits per heavy atom. The van der Waals surface area contributed by atoms with E-state index in [0.29, 0.717) is 5.56 Å². The van der Waals surface area contributed by atoms with Crippen molar-refractivity contribution in [3.63, 3.8) is 0 Å². The molecule has 4 nitrogen and oxygen atoms in total. The number of nitrogens with one attached hydrogen (secondary N) is 1. The number of aryl methyl sites for hydroxylation is 2. The molecule has 0 bridgehead atoms. The van der Waals surface area contributed by atoms with Crippen molar-refractivity contribution in [3.05, 3.63) is 77.4 Å². The van der Waals surface area contributed by atoms with Crippen LogP contribution in [-0.2, 0) is 10.0 Å². The zero-order valence-corrected chi connectivity index (χ0v) is 14.3. The maximum absolute atomic E-state index is 12.4. The first-order valence-electron chi connectivity index (χ1n) is 7.57. The molecule has 5 heteroatoms. The van der Waals surface area contributed by atoms with Crippen LogP contribution in [0.5, 0.6) is 0 Å². The summed E-state index contributed by atoms with van der Waals surface area (Å²) in [5.74, 6) is 0. The summed E-state index contributed by atoms with van der Waals surface area (Å²) in [5.41, 5.74) is 2.41. The van der Waals surface area contributed by atoms with Crippen LogP contribution >= 0.6 is 0 Å². The van der Waals surface area contributed by atoms with Crippen LogP contribution < -0.4 is 4.83 Å². The first kappa shape index (κ1) is 16.2. The molecule has 0 aliphatic carbocycles. The molecule has 0 heterocycles. The summed E-state index contributed by atoms with van der Waals surface area (Å²) in [7, 11) is -3.67. The van der Waals surface area contributed by atoms with Crippen molar-refractivity contribution >= 4 is 27.0 Å². The van der Waals surface area contributed by atoms with Crippen LogP contribution in [-0.4, -0.2) is 14.6 Å². The van der Waals surface area contributed by atoms with Crippen molar-refractivity contribution in [2.75, 3.05) is 0 Å². The maximum Gasteiger partial charge on any atom is 0.276 e. The van der Waals surface area contributed by atoms with E-state index in [9.17, 15) is 8.42 Å². The van der Waals surface area contributed by atoms with Gasteiger partial charge in [0.2, 0.25) is 0 Å². The van der Waals surface area contributed by atoms with Crippen LogP contribution in [0.3, 0.4) is 0 Å². The summed E-state index contributed by atoms with van der Waals surface area (Å²) in [6, 6.07) is 19.1. The van der Waals surface area contributed by atoms with Gasteiger partial charge in [-0.15, -0.1) is 0 Å². The molecule has 3 aromatic carbocycles. The highest BCUT2D eigenvalue weighted by Gasteiger charge is 2.15. The van der Waals surface area contributed by atoms with Gasteiger partial charge in [-0.3, -0.25) is 0 Å². The van der Waals surface area contributed by atoms with Crippen LogP contribution in [0, 0.1) is 13.8 Å². The number of rotatable bonds is 4. The monoisotopic (exact) mass is 338 g/mol. The van der Waals surface area contributed by atoms with Crippen molar-refractivity contribution < 1.29 is 8.42 Å². The number of hydrogen-bond acceptors (Lipinski definition) is 3. The van der Waals surface area contributed by atoms with Gasteiger partial charge in [0.25, 0.3) is 10.0 Å². The summed E-state index contributed by atoms with van der Waals surface area (Å²) >= 11 is 0. The highest BCUT2D eigenvalue weighted by atomic mass is 32.2. The number of hydrazone groups is 1. The van der Waals surface area contributed by atoms with Crippen molar-refractivity contribution in [1.29, 1.82) is 0 Å². The molecule has 122 valence electrons. The number of nitrogens with zero attached hydrogens (tertiary/aromatic N) is 1. The number of sulfonamides is 1. The predicted octanol–water partition coefficient (Wildman–Crippen LogP) is 3.77. The zero-order valence-electron chi connectivity index (χ0n) is 13.5. The normalized spacial score (nSPS) is 11.9. The minimum Gasteiger partial charge on any atom is -0.200 e. The molecule has 0 aliphatic rings. The van der Waals surface area contributed by atoms with E-state index in [1.165, 1.54) is 6.21 Å². The van der Waals surface area contributed by atoms with Crippen LogP contribution in [0.1, 0.15) is 16.7 Å². The van der Waals surface area contributed by atoms with Crippen LogP contribution in [0.4, 0.5) is 0 Å². The molecule has 24 heavy (non-hydrogen) atoms. The number of hydrogen-bond donors (Lipinski definition) is 1. The quantitative estimate of drug-likeness (QED) is 0.581. The summed E-state index contributed by atoms with van der Waals surface area (Å²) in [5, 5.41) is 6.12. The van der Waals surface area contributed by atoms with Gasteiger partial charge in [-0.2, -0.15) is 13.5 Å². The Bertz CT molecular complexity index is 1020. The van der Waals surface area contributed by atoms with E-state index in [1.54, 1.807) is 19.1 Å². The number of fused-ring (bicyclic) bond motifs is 1. The molecule has 0 fully saturated rings. The third-order valence-electron chi connectivity index (χ3n) is 3.79. The second-order valence-corrected chi connectivity index (χ2v) is 7.36. The standard InChI is InChI=1S/C19H18N2O2S/c1-14-7-8-15(2)19(11-14)24(22,23)21-20-13-16-9-10-17-5-3-4-6-18(17)12-16/h3-13,21H,1-2H3/b20-13-. The number of benzene rings is 3. The van der Waals surface area contributed by atoms with Crippen molar-refractivity contribution in [2.45, 2.75) is 18.7 Å². The van der Waals surface area contributed by atoms with E-state index in [2.05, 4.69) is 9.93 Å². The van der Waals surface area contributed by atoms with E-state index in [-0.39, 0.29) is 4.90 Å². The molecular weight excluding hydrogens is 320 g/mol. The van der Waals surface area contributed by atoms with Crippen LogP contribution in [0.25, 0.3) is 10.8 Å². The topological polar surface area (TPSA) is 58.5 Å². The molecule has 0 saturated heterocycles. The minimum atomic E-state index is -3.67. The van der Waals surface area contributed by atoms with Crippen LogP contribution in [0.15, 0.2) is 70.7 Å². The van der Waals surface area contributed by atoms with Crippen molar-refractivity contribution in [1.82, 2.24) is 4.83 Å². The van der Waals surface area contributed by atoms with E-state index in [1.807, 2.05) is 55.5 Å². The Morgan fingerprint density at radius 3 is 2.46 bits per heavy atom. The smallest absolute Gasteiger partial charge is 0.200 e. The van der Waals surface area contributed by atoms with E-state index in [0.717, 1.165) is 21.9 Å². The van der Waals surface area contributed by atoms with E-state index in [4.69, 9.17) is 0 Å². The lowest BCUT2D eigenvalue weighted by atomic mass is 10.1. The lowest BCUT2D eigenvalue weighted by Crippen LogP contribution is -2.19. The van der Waals surface area contributed by atoms with Gasteiger partial charge in [0.05, 0.1) is 11.1 Å². The first-order chi connectivity index (χ1) is 11.5. The van der Waals surface area contributed by atoms with Crippen molar-refractivity contribution in [3.8, 4) is 0 Å². The average molecular weight is 338 g/mol. The predicted molar refractivity (Wildman–Crippen MR) is 97.8 cm³/mol. The fraction of sp³-hybridized carbons (Fsp3) is 0.105. The molecule has 0 radical (unpaired) electrons. The fourth-order valence-electron chi connectivity index (χ4n) is 2.50. The summed E-state index contributed by atoms with van der Waals surface area (Å²) in [4.78, 5) is 2.53. The van der Waals surface area contributed by atoms with Gasteiger partial charge in [-0.05, 0) is 53.4 Å². The Hall–Kier alpha value is -2.66. The molecule has 0 unspecified atom stereocenters. The molecule has 1 N–H and O–H groups in total. The Labute approximate surface area is 141 Å². The van der Waals surface area contributed by atoms with Gasteiger partial charge in [0, 0.05) is 0 Å².